The summed E-state index contributed by atoms with van der Waals surface area (Å²) < 4.78 is 0. The second kappa shape index (κ2) is 7.22. The molecule has 0 aliphatic carbocycles. The van der Waals surface area contributed by atoms with Crippen molar-refractivity contribution in [2.75, 3.05) is 11.9 Å². The van der Waals surface area contributed by atoms with Crippen LogP contribution >= 0.6 is 0 Å². The van der Waals surface area contributed by atoms with Crippen molar-refractivity contribution >= 4 is 17.4 Å². The predicted molar refractivity (Wildman–Crippen MR) is 93.1 cm³/mol. The zero-order valence-electron chi connectivity index (χ0n) is 14.2. The van der Waals surface area contributed by atoms with E-state index in [1.165, 1.54) is 11.9 Å². The second-order valence-electron chi connectivity index (χ2n) is 6.50. The van der Waals surface area contributed by atoms with Crippen LogP contribution in [0.25, 0.3) is 0 Å². The summed E-state index contributed by atoms with van der Waals surface area (Å²) in [7, 11) is 0. The van der Waals surface area contributed by atoms with E-state index >= 15 is 0 Å². The van der Waals surface area contributed by atoms with Crippen LogP contribution in [0.3, 0.4) is 0 Å². The van der Waals surface area contributed by atoms with Gasteiger partial charge in [-0.3, -0.25) is 4.79 Å². The lowest BCUT2D eigenvalue weighted by Gasteiger charge is -2.19. The van der Waals surface area contributed by atoms with Gasteiger partial charge in [0.25, 0.3) is 5.91 Å². The van der Waals surface area contributed by atoms with Gasteiger partial charge in [-0.15, -0.1) is 0 Å². The van der Waals surface area contributed by atoms with Crippen molar-refractivity contribution in [1.29, 1.82) is 0 Å². The molecule has 0 bridgehead atoms. The molecule has 1 aromatic heterocycles. The maximum atomic E-state index is 11.9. The Kier molecular flexibility index (Phi) is 5.32. The Morgan fingerprint density at radius 3 is 2.43 bits per heavy atom. The Hall–Kier alpha value is -2.43. The zero-order chi connectivity index (χ0) is 16.9. The molecule has 1 aromatic carbocycles. The number of anilines is 2. The lowest BCUT2D eigenvalue weighted by molar-refractivity contribution is 0.0948. The number of carbonyl (C=O) groups excluding carboxylic acids is 1. The summed E-state index contributed by atoms with van der Waals surface area (Å²) >= 11 is 0. The van der Waals surface area contributed by atoms with E-state index in [4.69, 9.17) is 0 Å². The molecule has 0 spiro atoms. The van der Waals surface area contributed by atoms with Gasteiger partial charge >= 0.3 is 0 Å². The average Bonchev–Trinajstić information content (AvgIpc) is 2.52. The summed E-state index contributed by atoms with van der Waals surface area (Å²) in [5, 5.41) is 6.01. The van der Waals surface area contributed by atoms with Crippen molar-refractivity contribution in [3.63, 3.8) is 0 Å². The molecule has 5 nitrogen and oxygen atoms in total. The molecule has 0 radical (unpaired) electrons. The zero-order valence-corrected chi connectivity index (χ0v) is 14.2. The van der Waals surface area contributed by atoms with Gasteiger partial charge in [0.05, 0.1) is 0 Å². The van der Waals surface area contributed by atoms with Crippen molar-refractivity contribution in [2.45, 2.75) is 39.5 Å². The van der Waals surface area contributed by atoms with Gasteiger partial charge in [0.2, 0.25) is 0 Å². The standard InChI is InChI=1S/C18H24N4O/c1-5-10-19-17(23)15-11-16(21-12-20-15)22-14-8-6-13(7-9-14)18(2,3)4/h6-9,11-12H,5,10H2,1-4H3,(H,19,23)(H,20,21,22). The third-order valence-electron chi connectivity index (χ3n) is 3.46. The molecule has 0 atom stereocenters. The molecule has 0 aliphatic rings. The molecule has 0 unspecified atom stereocenters. The molecule has 1 heterocycles. The van der Waals surface area contributed by atoms with Crippen LogP contribution in [-0.2, 0) is 5.41 Å². The van der Waals surface area contributed by atoms with Gasteiger partial charge in [-0.2, -0.15) is 0 Å². The Balaban J connectivity index is 2.10. The van der Waals surface area contributed by atoms with Gasteiger partial charge in [0, 0.05) is 18.3 Å². The molecular weight excluding hydrogens is 288 g/mol. The number of nitrogens with zero attached hydrogens (tertiary/aromatic N) is 2. The summed E-state index contributed by atoms with van der Waals surface area (Å²) in [5.41, 5.74) is 2.68. The van der Waals surface area contributed by atoms with Crippen LogP contribution in [0.4, 0.5) is 11.5 Å². The summed E-state index contributed by atoms with van der Waals surface area (Å²) in [6.45, 7) is 9.19. The molecule has 0 saturated heterocycles. The smallest absolute Gasteiger partial charge is 0.270 e. The molecule has 0 fully saturated rings. The van der Waals surface area contributed by atoms with Crippen LogP contribution in [0, 0.1) is 0 Å². The molecule has 0 saturated carbocycles. The maximum absolute atomic E-state index is 11.9. The summed E-state index contributed by atoms with van der Waals surface area (Å²) in [6.07, 6.45) is 2.29. The van der Waals surface area contributed by atoms with Gasteiger partial charge < -0.3 is 10.6 Å². The van der Waals surface area contributed by atoms with Gasteiger partial charge in [-0.1, -0.05) is 39.8 Å². The van der Waals surface area contributed by atoms with E-state index < -0.39 is 0 Å². The van der Waals surface area contributed by atoms with Gasteiger partial charge in [-0.05, 0) is 29.5 Å². The number of rotatable bonds is 5. The maximum Gasteiger partial charge on any atom is 0.270 e. The van der Waals surface area contributed by atoms with Crippen molar-refractivity contribution in [1.82, 2.24) is 15.3 Å². The minimum Gasteiger partial charge on any atom is -0.351 e. The predicted octanol–water partition coefficient (Wildman–Crippen LogP) is 3.66. The van der Waals surface area contributed by atoms with Crippen molar-refractivity contribution in [3.8, 4) is 0 Å². The first kappa shape index (κ1) is 16.9. The fourth-order valence-electron chi connectivity index (χ4n) is 2.08. The summed E-state index contributed by atoms with van der Waals surface area (Å²) in [5.74, 6) is 0.422. The SMILES string of the molecule is CCCNC(=O)c1cc(Nc2ccc(C(C)(C)C)cc2)ncn1. The first-order chi connectivity index (χ1) is 10.9. The largest absolute Gasteiger partial charge is 0.351 e. The number of benzene rings is 1. The highest BCUT2D eigenvalue weighted by molar-refractivity contribution is 5.92. The summed E-state index contributed by atoms with van der Waals surface area (Å²) in [6, 6.07) is 9.87. The number of carbonyl (C=O) groups is 1. The number of amides is 1. The number of nitrogens with one attached hydrogen (secondary N) is 2. The van der Waals surface area contributed by atoms with Gasteiger partial charge in [-0.25, -0.2) is 9.97 Å². The monoisotopic (exact) mass is 312 g/mol. The van der Waals surface area contributed by atoms with E-state index in [9.17, 15) is 4.79 Å². The number of hydrogen-bond donors (Lipinski definition) is 2. The molecule has 2 aromatic rings. The van der Waals surface area contributed by atoms with E-state index in [0.717, 1.165) is 12.1 Å². The molecule has 1 amide bonds. The topological polar surface area (TPSA) is 66.9 Å². The van der Waals surface area contributed by atoms with Crippen molar-refractivity contribution in [2.24, 2.45) is 0 Å². The lowest BCUT2D eigenvalue weighted by Crippen LogP contribution is -2.25. The minimum atomic E-state index is -0.180. The Labute approximate surface area is 137 Å². The van der Waals surface area contributed by atoms with E-state index in [-0.39, 0.29) is 11.3 Å². The second-order valence-corrected chi connectivity index (χ2v) is 6.50. The average molecular weight is 312 g/mol. The van der Waals surface area contributed by atoms with E-state index in [1.54, 1.807) is 6.07 Å². The summed E-state index contributed by atoms with van der Waals surface area (Å²) in [4.78, 5) is 20.1. The Bertz CT molecular complexity index is 659. The molecule has 23 heavy (non-hydrogen) atoms. The van der Waals surface area contributed by atoms with Crippen LogP contribution in [0.5, 0.6) is 0 Å². The fraction of sp³-hybridized carbons (Fsp3) is 0.389. The van der Waals surface area contributed by atoms with Crippen molar-refractivity contribution in [3.05, 3.63) is 47.9 Å². The van der Waals surface area contributed by atoms with E-state index in [2.05, 4.69) is 53.5 Å². The van der Waals surface area contributed by atoms with Gasteiger partial charge in [0.15, 0.2) is 0 Å². The number of hydrogen-bond acceptors (Lipinski definition) is 4. The quantitative estimate of drug-likeness (QED) is 0.884. The molecular formula is C18H24N4O. The fourth-order valence-corrected chi connectivity index (χ4v) is 2.08. The van der Waals surface area contributed by atoms with Crippen LogP contribution < -0.4 is 10.6 Å². The first-order valence-corrected chi connectivity index (χ1v) is 7.88. The Morgan fingerprint density at radius 1 is 1.13 bits per heavy atom. The number of aromatic nitrogens is 2. The Morgan fingerprint density at radius 2 is 1.83 bits per heavy atom. The van der Waals surface area contributed by atoms with Crippen LogP contribution in [0.1, 0.15) is 50.2 Å². The molecule has 2 N–H and O–H groups in total. The highest BCUT2D eigenvalue weighted by atomic mass is 16.1. The van der Waals surface area contributed by atoms with Crippen LogP contribution in [0.2, 0.25) is 0 Å². The highest BCUT2D eigenvalue weighted by Crippen LogP contribution is 2.24. The van der Waals surface area contributed by atoms with Crippen LogP contribution in [-0.4, -0.2) is 22.4 Å². The molecule has 2 rings (SSSR count). The first-order valence-electron chi connectivity index (χ1n) is 7.88. The van der Waals surface area contributed by atoms with Crippen molar-refractivity contribution < 1.29 is 4.79 Å². The highest BCUT2D eigenvalue weighted by Gasteiger charge is 2.13. The van der Waals surface area contributed by atoms with Crippen LogP contribution in [0.15, 0.2) is 36.7 Å². The molecule has 5 heteroatoms. The van der Waals surface area contributed by atoms with Gasteiger partial charge in [0.1, 0.15) is 17.8 Å². The third-order valence-corrected chi connectivity index (χ3v) is 3.46. The lowest BCUT2D eigenvalue weighted by atomic mass is 9.87. The third kappa shape index (κ3) is 4.77. The van der Waals surface area contributed by atoms with E-state index in [1.807, 2.05) is 19.1 Å². The minimum absolute atomic E-state index is 0.123. The molecule has 122 valence electrons. The molecule has 0 aliphatic heterocycles. The van der Waals surface area contributed by atoms with E-state index in [0.29, 0.717) is 18.1 Å². The normalized spacial score (nSPS) is 11.1.